The van der Waals surface area contributed by atoms with E-state index < -0.39 is 5.41 Å². The van der Waals surface area contributed by atoms with Crippen LogP contribution < -0.4 is 5.32 Å². The van der Waals surface area contributed by atoms with E-state index in [9.17, 15) is 4.79 Å². The van der Waals surface area contributed by atoms with Crippen LogP contribution in [-0.4, -0.2) is 11.1 Å². The van der Waals surface area contributed by atoms with E-state index in [1.54, 1.807) is 29.5 Å². The molecule has 4 rings (SSSR count). The van der Waals surface area contributed by atoms with Crippen molar-refractivity contribution >= 4 is 46.1 Å². The van der Waals surface area contributed by atoms with Crippen molar-refractivity contribution in [3.8, 4) is 10.6 Å². The zero-order chi connectivity index (χ0) is 16.7. The number of nitrogens with zero attached hydrogens (tertiary/aromatic N) is 1. The van der Waals surface area contributed by atoms with Gasteiger partial charge in [-0.05, 0) is 42.5 Å². The van der Waals surface area contributed by atoms with Gasteiger partial charge >= 0.3 is 0 Å². The molecule has 1 saturated carbocycles. The van der Waals surface area contributed by atoms with Gasteiger partial charge in [0.25, 0.3) is 0 Å². The number of hydrogen-bond donors (Lipinski definition) is 1. The molecule has 1 aliphatic carbocycles. The molecule has 0 atom stereocenters. The molecule has 3 aromatic rings. The lowest BCUT2D eigenvalue weighted by Gasteiger charge is -2.13. The SMILES string of the molecule is O=C(Nc1ccc(Cl)cc1Cl)C1(c2cc(-c3cccs3)on2)CC1. The number of anilines is 1. The van der Waals surface area contributed by atoms with Crippen LogP contribution in [0.2, 0.25) is 10.0 Å². The van der Waals surface area contributed by atoms with Gasteiger partial charge in [-0.15, -0.1) is 11.3 Å². The summed E-state index contributed by atoms with van der Waals surface area (Å²) < 4.78 is 5.41. The second kappa shape index (κ2) is 5.92. The summed E-state index contributed by atoms with van der Waals surface area (Å²) in [7, 11) is 0. The van der Waals surface area contributed by atoms with Crippen LogP contribution in [0.5, 0.6) is 0 Å². The fraction of sp³-hybridized carbons (Fsp3) is 0.176. The van der Waals surface area contributed by atoms with E-state index in [2.05, 4.69) is 10.5 Å². The second-order valence-electron chi connectivity index (χ2n) is 5.71. The molecule has 1 fully saturated rings. The van der Waals surface area contributed by atoms with Crippen LogP contribution >= 0.6 is 34.5 Å². The predicted octanol–water partition coefficient (Wildman–Crippen LogP) is 5.38. The van der Waals surface area contributed by atoms with Crippen LogP contribution in [0.25, 0.3) is 10.6 Å². The van der Waals surface area contributed by atoms with Crippen molar-refractivity contribution < 1.29 is 9.32 Å². The number of hydrogen-bond acceptors (Lipinski definition) is 4. The maximum absolute atomic E-state index is 12.7. The third kappa shape index (κ3) is 2.73. The minimum absolute atomic E-state index is 0.127. The molecule has 7 heteroatoms. The first-order valence-corrected chi connectivity index (χ1v) is 9.00. The Labute approximate surface area is 152 Å². The molecule has 2 heterocycles. The summed E-state index contributed by atoms with van der Waals surface area (Å²) in [4.78, 5) is 13.7. The number of nitrogens with one attached hydrogen (secondary N) is 1. The molecule has 2 aromatic heterocycles. The van der Waals surface area contributed by atoms with Crippen molar-refractivity contribution in [2.24, 2.45) is 0 Å². The molecule has 0 bridgehead atoms. The quantitative estimate of drug-likeness (QED) is 0.662. The number of carbonyl (C=O) groups excluding carboxylic acids is 1. The van der Waals surface area contributed by atoms with Crippen molar-refractivity contribution in [3.63, 3.8) is 0 Å². The molecular formula is C17H12Cl2N2O2S. The topological polar surface area (TPSA) is 55.1 Å². The van der Waals surface area contributed by atoms with Gasteiger partial charge in [0.2, 0.25) is 5.91 Å². The number of benzene rings is 1. The first kappa shape index (κ1) is 15.7. The van der Waals surface area contributed by atoms with E-state index in [4.69, 9.17) is 27.7 Å². The van der Waals surface area contributed by atoms with E-state index in [-0.39, 0.29) is 5.91 Å². The summed E-state index contributed by atoms with van der Waals surface area (Å²) in [6.45, 7) is 0. The largest absolute Gasteiger partial charge is 0.355 e. The standard InChI is InChI=1S/C17H12Cl2N2O2S/c18-10-3-4-12(11(19)8-10)20-16(22)17(5-6-17)15-9-13(23-21-15)14-2-1-7-24-14/h1-4,7-9H,5-6H2,(H,20,22). The molecule has 0 unspecified atom stereocenters. The Morgan fingerprint density at radius 3 is 2.75 bits per heavy atom. The number of thiophene rings is 1. The van der Waals surface area contributed by atoms with Gasteiger partial charge in [-0.2, -0.15) is 0 Å². The molecule has 0 aliphatic heterocycles. The number of aromatic nitrogens is 1. The highest BCUT2D eigenvalue weighted by Gasteiger charge is 2.54. The second-order valence-corrected chi connectivity index (χ2v) is 7.51. The molecule has 122 valence electrons. The van der Waals surface area contributed by atoms with E-state index >= 15 is 0 Å². The van der Waals surface area contributed by atoms with Crippen molar-refractivity contribution in [2.45, 2.75) is 18.3 Å². The monoisotopic (exact) mass is 378 g/mol. The van der Waals surface area contributed by atoms with Gasteiger partial charge in [-0.3, -0.25) is 4.79 Å². The van der Waals surface area contributed by atoms with Crippen LogP contribution in [0.15, 0.2) is 46.3 Å². The zero-order valence-corrected chi connectivity index (χ0v) is 14.7. The molecule has 0 spiro atoms. The highest BCUT2D eigenvalue weighted by Crippen LogP contribution is 2.49. The summed E-state index contributed by atoms with van der Waals surface area (Å²) in [6, 6.07) is 10.7. The smallest absolute Gasteiger partial charge is 0.236 e. The summed E-state index contributed by atoms with van der Waals surface area (Å²) in [5.74, 6) is 0.557. The van der Waals surface area contributed by atoms with Gasteiger partial charge in [0.1, 0.15) is 0 Å². The molecule has 0 saturated heterocycles. The number of carbonyl (C=O) groups is 1. The molecular weight excluding hydrogens is 367 g/mol. The van der Waals surface area contributed by atoms with Crippen LogP contribution in [0.4, 0.5) is 5.69 Å². The average Bonchev–Trinajstić information content (AvgIpc) is 3.00. The van der Waals surface area contributed by atoms with Crippen molar-refractivity contribution in [1.82, 2.24) is 5.16 Å². The number of amides is 1. The van der Waals surface area contributed by atoms with Gasteiger partial charge in [0.05, 0.1) is 26.7 Å². The Bertz CT molecular complexity index is 901. The summed E-state index contributed by atoms with van der Waals surface area (Å²) in [6.07, 6.45) is 1.47. The van der Waals surface area contributed by atoms with Crippen molar-refractivity contribution in [3.05, 3.63) is 57.5 Å². The van der Waals surface area contributed by atoms with E-state index in [1.165, 1.54) is 0 Å². The fourth-order valence-electron chi connectivity index (χ4n) is 2.59. The number of halogens is 2. The number of rotatable bonds is 4. The van der Waals surface area contributed by atoms with Crippen molar-refractivity contribution in [1.29, 1.82) is 0 Å². The minimum atomic E-state index is -0.637. The van der Waals surface area contributed by atoms with Gasteiger partial charge in [-0.25, -0.2) is 0 Å². The summed E-state index contributed by atoms with van der Waals surface area (Å²) in [5, 5.41) is 9.90. The molecule has 1 N–H and O–H groups in total. The highest BCUT2D eigenvalue weighted by molar-refractivity contribution is 7.13. The van der Waals surface area contributed by atoms with Crippen LogP contribution in [0.3, 0.4) is 0 Å². The third-order valence-electron chi connectivity index (χ3n) is 4.13. The van der Waals surface area contributed by atoms with Gasteiger partial charge in [0, 0.05) is 11.1 Å². The molecule has 1 amide bonds. The Hall–Kier alpha value is -1.82. The molecule has 4 nitrogen and oxygen atoms in total. The predicted molar refractivity (Wildman–Crippen MR) is 95.8 cm³/mol. The fourth-order valence-corrected chi connectivity index (χ4v) is 3.72. The Morgan fingerprint density at radius 2 is 2.08 bits per heavy atom. The first-order chi connectivity index (χ1) is 11.6. The Kier molecular flexibility index (Phi) is 3.87. The normalized spacial score (nSPS) is 15.2. The molecule has 0 radical (unpaired) electrons. The Morgan fingerprint density at radius 1 is 1.25 bits per heavy atom. The lowest BCUT2D eigenvalue weighted by Crippen LogP contribution is -2.28. The lowest BCUT2D eigenvalue weighted by molar-refractivity contribution is -0.118. The van der Waals surface area contributed by atoms with Gasteiger partial charge in [-0.1, -0.05) is 34.4 Å². The first-order valence-electron chi connectivity index (χ1n) is 7.36. The maximum Gasteiger partial charge on any atom is 0.236 e. The van der Waals surface area contributed by atoms with Gasteiger partial charge < -0.3 is 9.84 Å². The average molecular weight is 379 g/mol. The summed E-state index contributed by atoms with van der Waals surface area (Å²) >= 11 is 13.6. The van der Waals surface area contributed by atoms with E-state index in [1.807, 2.05) is 23.6 Å². The molecule has 1 aliphatic rings. The lowest BCUT2D eigenvalue weighted by atomic mass is 10.0. The van der Waals surface area contributed by atoms with Gasteiger partial charge in [0.15, 0.2) is 5.76 Å². The minimum Gasteiger partial charge on any atom is -0.355 e. The summed E-state index contributed by atoms with van der Waals surface area (Å²) in [5.41, 5.74) is 0.565. The van der Waals surface area contributed by atoms with E-state index in [0.29, 0.717) is 27.2 Å². The van der Waals surface area contributed by atoms with Crippen LogP contribution in [0, 0.1) is 0 Å². The highest BCUT2D eigenvalue weighted by atomic mass is 35.5. The molecule has 1 aromatic carbocycles. The molecule has 24 heavy (non-hydrogen) atoms. The third-order valence-corrected chi connectivity index (χ3v) is 5.56. The van der Waals surface area contributed by atoms with Crippen LogP contribution in [-0.2, 0) is 10.2 Å². The van der Waals surface area contributed by atoms with Crippen molar-refractivity contribution in [2.75, 3.05) is 5.32 Å². The maximum atomic E-state index is 12.7. The van der Waals surface area contributed by atoms with E-state index in [0.717, 1.165) is 17.7 Å². The Balaban J connectivity index is 1.58. The zero-order valence-electron chi connectivity index (χ0n) is 12.4. The van der Waals surface area contributed by atoms with Crippen LogP contribution in [0.1, 0.15) is 18.5 Å².